The molecule has 0 aliphatic carbocycles. The smallest absolute Gasteiger partial charge is 0.317 e. The number of carbonyl (C=O) groups excluding carboxylic acids is 1. The molecule has 6 heteroatoms. The van der Waals surface area contributed by atoms with Gasteiger partial charge in [0.1, 0.15) is 17.7 Å². The van der Waals surface area contributed by atoms with Gasteiger partial charge in [0, 0.05) is 12.6 Å². The predicted molar refractivity (Wildman–Crippen MR) is 81.3 cm³/mol. The molecule has 0 radical (unpaired) electrons. The zero-order valence-corrected chi connectivity index (χ0v) is 12.8. The maximum absolute atomic E-state index is 13.1. The van der Waals surface area contributed by atoms with Gasteiger partial charge in [-0.1, -0.05) is 13.0 Å². The Kier molecular flexibility index (Phi) is 6.00. The van der Waals surface area contributed by atoms with Crippen molar-refractivity contribution in [2.75, 3.05) is 19.7 Å². The predicted octanol–water partition coefficient (Wildman–Crippen LogP) is 2.15. The largest absolute Gasteiger partial charge is 0.489 e. The van der Waals surface area contributed by atoms with Gasteiger partial charge in [-0.05, 0) is 31.4 Å². The van der Waals surface area contributed by atoms with Gasteiger partial charge in [0.15, 0.2) is 0 Å². The number of ether oxygens (including phenoxy) is 1. The Bertz CT molecular complexity index is 498. The van der Waals surface area contributed by atoms with Crippen LogP contribution in [0.1, 0.15) is 26.2 Å². The number of urea groups is 1. The number of carbonyl (C=O) groups is 1. The van der Waals surface area contributed by atoms with E-state index in [1.165, 1.54) is 12.1 Å². The minimum atomic E-state index is -0.348. The average molecular weight is 310 g/mol. The first-order chi connectivity index (χ1) is 10.6. The van der Waals surface area contributed by atoms with Crippen LogP contribution in [0.5, 0.6) is 5.75 Å². The van der Waals surface area contributed by atoms with Gasteiger partial charge in [-0.25, -0.2) is 9.18 Å². The zero-order valence-electron chi connectivity index (χ0n) is 12.8. The van der Waals surface area contributed by atoms with Crippen molar-refractivity contribution in [1.82, 2.24) is 10.2 Å². The number of hydrogen-bond acceptors (Lipinski definition) is 3. The van der Waals surface area contributed by atoms with Gasteiger partial charge in [0.05, 0.1) is 19.2 Å². The summed E-state index contributed by atoms with van der Waals surface area (Å²) in [5.41, 5.74) is 0. The molecule has 0 spiro atoms. The molecule has 2 N–H and O–H groups in total. The molecular formula is C16H23FN2O3. The topological polar surface area (TPSA) is 61.8 Å². The highest BCUT2D eigenvalue weighted by atomic mass is 19.1. The Balaban J connectivity index is 1.84. The minimum absolute atomic E-state index is 0.00951. The molecule has 0 saturated carbocycles. The molecule has 1 aromatic rings. The fourth-order valence-electron chi connectivity index (χ4n) is 2.60. The fourth-order valence-corrected chi connectivity index (χ4v) is 2.60. The third-order valence-electron chi connectivity index (χ3n) is 3.88. The van der Waals surface area contributed by atoms with E-state index in [0.717, 1.165) is 12.8 Å². The number of halogens is 1. The van der Waals surface area contributed by atoms with Crippen molar-refractivity contribution in [3.05, 3.63) is 30.1 Å². The van der Waals surface area contributed by atoms with Crippen LogP contribution in [0.15, 0.2) is 24.3 Å². The molecule has 2 rings (SSSR count). The molecule has 1 heterocycles. The molecule has 0 bridgehead atoms. The second-order valence-electron chi connectivity index (χ2n) is 5.46. The summed E-state index contributed by atoms with van der Waals surface area (Å²) in [4.78, 5) is 13.8. The molecule has 2 atom stereocenters. The van der Waals surface area contributed by atoms with Crippen molar-refractivity contribution >= 4 is 6.03 Å². The number of likely N-dealkylation sites (tertiary alicyclic amines) is 1. The third kappa shape index (κ3) is 4.34. The molecule has 1 saturated heterocycles. The number of nitrogens with zero attached hydrogens (tertiary/aromatic N) is 1. The highest BCUT2D eigenvalue weighted by Crippen LogP contribution is 2.17. The van der Waals surface area contributed by atoms with E-state index in [1.54, 1.807) is 17.0 Å². The summed E-state index contributed by atoms with van der Waals surface area (Å²) in [6.07, 6.45) is 2.22. The summed E-state index contributed by atoms with van der Waals surface area (Å²) in [6, 6.07) is 5.69. The zero-order chi connectivity index (χ0) is 15.9. The highest BCUT2D eigenvalue weighted by molar-refractivity contribution is 5.74. The summed E-state index contributed by atoms with van der Waals surface area (Å²) in [6.45, 7) is 2.95. The van der Waals surface area contributed by atoms with Crippen LogP contribution in [0.25, 0.3) is 0 Å². The average Bonchev–Trinajstić information content (AvgIpc) is 2.99. The van der Waals surface area contributed by atoms with Crippen LogP contribution < -0.4 is 10.1 Å². The van der Waals surface area contributed by atoms with Gasteiger partial charge in [-0.3, -0.25) is 0 Å². The number of benzene rings is 1. The number of hydrogen-bond donors (Lipinski definition) is 2. The lowest BCUT2D eigenvalue weighted by Gasteiger charge is -2.25. The SMILES string of the molecule is CCC(CNC(=O)N1CCC[C@H]1CO)Oc1cccc(F)c1. The molecule has 1 aliphatic rings. The number of aliphatic hydroxyl groups is 1. The van der Waals surface area contributed by atoms with Gasteiger partial charge in [0.25, 0.3) is 0 Å². The summed E-state index contributed by atoms with van der Waals surface area (Å²) < 4.78 is 18.8. The Hall–Kier alpha value is -1.82. The monoisotopic (exact) mass is 310 g/mol. The summed E-state index contributed by atoms with van der Waals surface area (Å²) in [5, 5.41) is 12.1. The maximum atomic E-state index is 13.1. The lowest BCUT2D eigenvalue weighted by Crippen LogP contribution is -2.46. The Morgan fingerprint density at radius 3 is 3.09 bits per heavy atom. The third-order valence-corrected chi connectivity index (χ3v) is 3.88. The van der Waals surface area contributed by atoms with Gasteiger partial charge < -0.3 is 20.1 Å². The first-order valence-corrected chi connectivity index (χ1v) is 7.71. The van der Waals surface area contributed by atoms with Crippen LogP contribution in [0.4, 0.5) is 9.18 Å². The quantitative estimate of drug-likeness (QED) is 0.846. The van der Waals surface area contributed by atoms with E-state index in [-0.39, 0.29) is 30.6 Å². The Morgan fingerprint density at radius 1 is 1.59 bits per heavy atom. The lowest BCUT2D eigenvalue weighted by atomic mass is 10.2. The standard InChI is InChI=1S/C16H23FN2O3/c1-2-14(22-15-7-3-5-12(17)9-15)10-18-16(21)19-8-4-6-13(19)11-20/h3,5,7,9,13-14,20H,2,4,6,8,10-11H2,1H3,(H,18,21)/t13-,14?/m0/s1. The van der Waals surface area contributed by atoms with E-state index in [0.29, 0.717) is 25.3 Å². The van der Waals surface area contributed by atoms with E-state index in [9.17, 15) is 14.3 Å². The summed E-state index contributed by atoms with van der Waals surface area (Å²) >= 11 is 0. The van der Waals surface area contributed by atoms with E-state index >= 15 is 0 Å². The van der Waals surface area contributed by atoms with Crippen molar-refractivity contribution in [2.45, 2.75) is 38.3 Å². The molecule has 2 amide bonds. The molecule has 22 heavy (non-hydrogen) atoms. The van der Waals surface area contributed by atoms with Crippen molar-refractivity contribution in [1.29, 1.82) is 0 Å². The second kappa shape index (κ2) is 7.98. The van der Waals surface area contributed by atoms with E-state index < -0.39 is 0 Å². The normalized spacial score (nSPS) is 19.0. The number of amides is 2. The van der Waals surface area contributed by atoms with Crippen LogP contribution in [0.2, 0.25) is 0 Å². The van der Waals surface area contributed by atoms with Gasteiger partial charge in [0.2, 0.25) is 0 Å². The van der Waals surface area contributed by atoms with E-state index in [4.69, 9.17) is 4.74 Å². The molecular weight excluding hydrogens is 287 g/mol. The Morgan fingerprint density at radius 2 is 2.41 bits per heavy atom. The van der Waals surface area contributed by atoms with Crippen LogP contribution in [-0.2, 0) is 0 Å². The number of rotatable bonds is 6. The van der Waals surface area contributed by atoms with Crippen molar-refractivity contribution in [2.24, 2.45) is 0 Å². The molecule has 1 aliphatic heterocycles. The van der Waals surface area contributed by atoms with Crippen LogP contribution in [-0.4, -0.2) is 47.9 Å². The molecule has 1 aromatic carbocycles. The lowest BCUT2D eigenvalue weighted by molar-refractivity contribution is 0.148. The molecule has 1 unspecified atom stereocenters. The second-order valence-corrected chi connectivity index (χ2v) is 5.46. The van der Waals surface area contributed by atoms with Crippen LogP contribution in [0.3, 0.4) is 0 Å². The molecule has 0 aromatic heterocycles. The first kappa shape index (κ1) is 16.5. The summed E-state index contributed by atoms with van der Waals surface area (Å²) in [7, 11) is 0. The maximum Gasteiger partial charge on any atom is 0.317 e. The molecule has 1 fully saturated rings. The van der Waals surface area contributed by atoms with Crippen molar-refractivity contribution in [3.8, 4) is 5.75 Å². The van der Waals surface area contributed by atoms with Gasteiger partial charge in [-0.15, -0.1) is 0 Å². The van der Waals surface area contributed by atoms with Gasteiger partial charge in [-0.2, -0.15) is 0 Å². The van der Waals surface area contributed by atoms with Crippen LogP contribution in [0, 0.1) is 5.82 Å². The van der Waals surface area contributed by atoms with Crippen molar-refractivity contribution in [3.63, 3.8) is 0 Å². The summed E-state index contributed by atoms with van der Waals surface area (Å²) in [5.74, 6) is 0.106. The molecule has 5 nitrogen and oxygen atoms in total. The molecule has 122 valence electrons. The number of aliphatic hydroxyl groups excluding tert-OH is 1. The fraction of sp³-hybridized carbons (Fsp3) is 0.562. The van der Waals surface area contributed by atoms with E-state index in [2.05, 4.69) is 5.32 Å². The van der Waals surface area contributed by atoms with E-state index in [1.807, 2.05) is 6.92 Å². The van der Waals surface area contributed by atoms with Gasteiger partial charge >= 0.3 is 6.03 Å². The number of nitrogens with one attached hydrogen (secondary N) is 1. The highest BCUT2D eigenvalue weighted by Gasteiger charge is 2.28. The Labute approximate surface area is 130 Å². The van der Waals surface area contributed by atoms with Crippen molar-refractivity contribution < 1.29 is 19.0 Å². The van der Waals surface area contributed by atoms with Crippen LogP contribution >= 0.6 is 0 Å². The first-order valence-electron chi connectivity index (χ1n) is 7.71. The minimum Gasteiger partial charge on any atom is -0.489 e.